The van der Waals surface area contributed by atoms with Gasteiger partial charge in [-0.2, -0.15) is 0 Å². The Balaban J connectivity index is 1.34. The number of likely N-dealkylation sites (tertiary alicyclic amines) is 1. The molecule has 8 heteroatoms. The minimum atomic E-state index is -0.494. The Bertz CT molecular complexity index is 1290. The van der Waals surface area contributed by atoms with Gasteiger partial charge in [-0.05, 0) is 36.1 Å². The van der Waals surface area contributed by atoms with Crippen LogP contribution in [0.25, 0.3) is 0 Å². The molecule has 2 aliphatic rings. The summed E-state index contributed by atoms with van der Waals surface area (Å²) in [5.41, 5.74) is 2.73. The normalized spacial score (nSPS) is 19.4. The van der Waals surface area contributed by atoms with Crippen molar-refractivity contribution in [3.63, 3.8) is 0 Å². The third kappa shape index (κ3) is 5.13. The summed E-state index contributed by atoms with van der Waals surface area (Å²) in [7, 11) is 1.60. The average Bonchev–Trinajstić information content (AvgIpc) is 2.88. The van der Waals surface area contributed by atoms with Gasteiger partial charge in [0.05, 0.1) is 7.11 Å². The minimum Gasteiger partial charge on any atom is -0.497 e. The maximum absolute atomic E-state index is 13.4. The van der Waals surface area contributed by atoms with Crippen LogP contribution in [0.15, 0.2) is 77.6 Å². The number of methoxy groups -OCH3 is 1. The molecule has 2 aromatic carbocycles. The first kappa shape index (κ1) is 23.6. The standard InChI is InChI=1S/C27H27N3O3S2/c1-33-22-10-5-9-21(14-22)28-26(32)25(19-7-3-2-4-8-19)35-27(34)29-15-18-13-20(17-29)23-11-6-12-24(31)30(23)16-18/h2-12,14,18,20,25H,13,15-17H2,1H3,(H,28,32)/t18-,20+,25+/m1/s1. The van der Waals surface area contributed by atoms with Crippen LogP contribution >= 0.6 is 24.0 Å². The van der Waals surface area contributed by atoms with Gasteiger partial charge in [-0.25, -0.2) is 0 Å². The average molecular weight is 506 g/mol. The van der Waals surface area contributed by atoms with Gasteiger partial charge >= 0.3 is 0 Å². The van der Waals surface area contributed by atoms with Gasteiger partial charge in [0.25, 0.3) is 5.56 Å². The highest BCUT2D eigenvalue weighted by atomic mass is 32.2. The number of hydrogen-bond donors (Lipinski definition) is 1. The first-order chi connectivity index (χ1) is 17.0. The summed E-state index contributed by atoms with van der Waals surface area (Å²) < 4.78 is 7.92. The topological polar surface area (TPSA) is 63.6 Å². The van der Waals surface area contributed by atoms with E-state index in [1.54, 1.807) is 19.2 Å². The molecule has 35 heavy (non-hydrogen) atoms. The zero-order chi connectivity index (χ0) is 24.4. The van der Waals surface area contributed by atoms with E-state index in [4.69, 9.17) is 17.0 Å². The predicted octanol–water partition coefficient (Wildman–Crippen LogP) is 4.67. The van der Waals surface area contributed by atoms with Gasteiger partial charge in [-0.15, -0.1) is 0 Å². The van der Waals surface area contributed by atoms with Crippen molar-refractivity contribution in [1.29, 1.82) is 0 Å². The lowest BCUT2D eigenvalue weighted by molar-refractivity contribution is -0.115. The van der Waals surface area contributed by atoms with E-state index in [1.165, 1.54) is 11.8 Å². The van der Waals surface area contributed by atoms with Gasteiger partial charge in [-0.3, -0.25) is 9.59 Å². The van der Waals surface area contributed by atoms with Crippen molar-refractivity contribution in [2.24, 2.45) is 5.92 Å². The molecule has 0 radical (unpaired) electrons. The highest BCUT2D eigenvalue weighted by Gasteiger charge is 2.36. The summed E-state index contributed by atoms with van der Waals surface area (Å²) in [6.07, 6.45) is 1.06. The molecule has 0 unspecified atom stereocenters. The van der Waals surface area contributed by atoms with Crippen molar-refractivity contribution in [2.75, 3.05) is 25.5 Å². The molecule has 1 fully saturated rings. The third-order valence-corrected chi connectivity index (χ3v) is 8.36. The predicted molar refractivity (Wildman–Crippen MR) is 144 cm³/mol. The van der Waals surface area contributed by atoms with E-state index < -0.39 is 5.25 Å². The van der Waals surface area contributed by atoms with Crippen molar-refractivity contribution in [3.05, 3.63) is 94.4 Å². The van der Waals surface area contributed by atoms with Crippen LogP contribution in [-0.4, -0.2) is 39.9 Å². The number of benzene rings is 2. The van der Waals surface area contributed by atoms with E-state index in [-0.39, 0.29) is 17.4 Å². The van der Waals surface area contributed by atoms with Crippen molar-refractivity contribution < 1.29 is 9.53 Å². The number of carbonyl (C=O) groups excluding carboxylic acids is 1. The number of anilines is 1. The van der Waals surface area contributed by atoms with Crippen LogP contribution in [0.4, 0.5) is 5.69 Å². The number of nitrogens with one attached hydrogen (secondary N) is 1. The Morgan fingerprint density at radius 1 is 1.06 bits per heavy atom. The summed E-state index contributed by atoms with van der Waals surface area (Å²) >= 11 is 7.31. The number of carbonyl (C=O) groups is 1. The van der Waals surface area contributed by atoms with Gasteiger partial charge in [0.2, 0.25) is 5.91 Å². The van der Waals surface area contributed by atoms with E-state index in [2.05, 4.69) is 16.3 Å². The molecule has 1 aromatic heterocycles. The number of amides is 1. The van der Waals surface area contributed by atoms with Crippen LogP contribution in [0.1, 0.15) is 28.8 Å². The molecule has 0 saturated carbocycles. The lowest BCUT2D eigenvalue weighted by Gasteiger charge is -2.43. The van der Waals surface area contributed by atoms with Gasteiger partial charge < -0.3 is 19.5 Å². The monoisotopic (exact) mass is 505 g/mol. The van der Waals surface area contributed by atoms with Crippen molar-refractivity contribution in [3.8, 4) is 5.75 Å². The lowest BCUT2D eigenvalue weighted by atomic mass is 9.83. The Hall–Kier alpha value is -3.10. The number of pyridine rings is 1. The molecule has 6 nitrogen and oxygen atoms in total. The molecular weight excluding hydrogens is 478 g/mol. The summed E-state index contributed by atoms with van der Waals surface area (Å²) in [6, 6.07) is 22.6. The molecule has 0 aliphatic carbocycles. The number of nitrogens with zero attached hydrogens (tertiary/aromatic N) is 2. The van der Waals surface area contributed by atoms with Gasteiger partial charge in [0, 0.05) is 49.1 Å². The fraction of sp³-hybridized carbons (Fsp3) is 0.296. The number of piperidine rings is 1. The lowest BCUT2D eigenvalue weighted by Crippen LogP contribution is -2.48. The number of aromatic nitrogens is 1. The number of thioether (sulfide) groups is 1. The Morgan fingerprint density at radius 2 is 1.86 bits per heavy atom. The second-order valence-electron chi connectivity index (χ2n) is 9.00. The van der Waals surface area contributed by atoms with Crippen molar-refractivity contribution >= 4 is 39.9 Å². The van der Waals surface area contributed by atoms with E-state index in [0.717, 1.165) is 30.8 Å². The molecule has 1 N–H and O–H groups in total. The summed E-state index contributed by atoms with van der Waals surface area (Å²) in [4.78, 5) is 28.0. The molecule has 0 spiro atoms. The number of thiocarbonyl (C=S) groups is 1. The Labute approximate surface area is 214 Å². The van der Waals surface area contributed by atoms with Gasteiger partial charge in [0.15, 0.2) is 0 Å². The molecule has 2 bridgehead atoms. The zero-order valence-electron chi connectivity index (χ0n) is 19.4. The van der Waals surface area contributed by atoms with E-state index in [9.17, 15) is 9.59 Å². The van der Waals surface area contributed by atoms with Crippen LogP contribution in [0.3, 0.4) is 0 Å². The maximum Gasteiger partial charge on any atom is 0.250 e. The number of ether oxygens (including phenoxy) is 1. The van der Waals surface area contributed by atoms with Crippen LogP contribution in [-0.2, 0) is 11.3 Å². The van der Waals surface area contributed by atoms with Crippen molar-refractivity contribution in [2.45, 2.75) is 24.1 Å². The SMILES string of the molecule is COc1cccc(NC(=O)[C@@H](SC(=S)N2C[C@H]3C[C@@H](C2)c2cccc(=O)n2C3)c2ccccc2)c1. The highest BCUT2D eigenvalue weighted by Crippen LogP contribution is 2.39. The second-order valence-corrected chi connectivity index (χ2v) is 10.7. The van der Waals surface area contributed by atoms with Crippen LogP contribution in [0, 0.1) is 5.92 Å². The smallest absolute Gasteiger partial charge is 0.250 e. The molecule has 3 atom stereocenters. The minimum absolute atomic E-state index is 0.0703. The number of rotatable bonds is 5. The third-order valence-electron chi connectivity index (χ3n) is 6.63. The van der Waals surface area contributed by atoms with Crippen molar-refractivity contribution in [1.82, 2.24) is 9.47 Å². The fourth-order valence-corrected chi connectivity index (χ4v) is 6.43. The molecule has 3 heterocycles. The zero-order valence-corrected chi connectivity index (χ0v) is 21.1. The van der Waals surface area contributed by atoms with E-state index in [0.29, 0.717) is 28.2 Å². The van der Waals surface area contributed by atoms with E-state index in [1.807, 2.05) is 59.2 Å². The molecule has 1 amide bonds. The number of hydrogen-bond acceptors (Lipinski definition) is 5. The molecule has 2 aliphatic heterocycles. The van der Waals surface area contributed by atoms with E-state index >= 15 is 0 Å². The molecule has 1 saturated heterocycles. The first-order valence-electron chi connectivity index (χ1n) is 11.7. The Kier molecular flexibility index (Phi) is 6.92. The Morgan fingerprint density at radius 3 is 2.66 bits per heavy atom. The summed E-state index contributed by atoms with van der Waals surface area (Å²) in [5.74, 6) is 1.17. The van der Waals surface area contributed by atoms with Gasteiger partial charge in [0.1, 0.15) is 15.3 Å². The second kappa shape index (κ2) is 10.3. The summed E-state index contributed by atoms with van der Waals surface area (Å²) in [6.45, 7) is 2.26. The molecule has 3 aromatic rings. The number of fused-ring (bicyclic) bond motifs is 4. The molecule has 5 rings (SSSR count). The van der Waals surface area contributed by atoms with Crippen LogP contribution in [0.5, 0.6) is 5.75 Å². The first-order valence-corrected chi connectivity index (χ1v) is 13.0. The highest BCUT2D eigenvalue weighted by molar-refractivity contribution is 8.23. The molecule has 180 valence electrons. The van der Waals surface area contributed by atoms with Crippen LogP contribution < -0.4 is 15.6 Å². The van der Waals surface area contributed by atoms with Crippen LogP contribution in [0.2, 0.25) is 0 Å². The quantitative estimate of drug-likeness (QED) is 0.509. The summed E-state index contributed by atoms with van der Waals surface area (Å²) in [5, 5.41) is 2.53. The fourth-order valence-electron chi connectivity index (χ4n) is 5.03. The molecular formula is C27H27N3O3S2. The maximum atomic E-state index is 13.4. The van der Waals surface area contributed by atoms with Gasteiger partial charge in [-0.1, -0.05) is 66.4 Å². The largest absolute Gasteiger partial charge is 0.497 e.